The molecule has 0 bridgehead atoms. The van der Waals surface area contributed by atoms with E-state index in [1.165, 1.54) is 7.11 Å². The van der Waals surface area contributed by atoms with Crippen LogP contribution in [0.15, 0.2) is 0 Å². The van der Waals surface area contributed by atoms with Crippen LogP contribution in [0.2, 0.25) is 0 Å². The first kappa shape index (κ1) is 13.6. The molecule has 1 aliphatic rings. The van der Waals surface area contributed by atoms with Crippen molar-refractivity contribution >= 4 is 18.4 Å². The lowest BCUT2D eigenvalue weighted by Gasteiger charge is -2.27. The van der Waals surface area contributed by atoms with Crippen LogP contribution in [0, 0.1) is 0 Å². The van der Waals surface area contributed by atoms with E-state index in [-0.39, 0.29) is 18.4 Å². The summed E-state index contributed by atoms with van der Waals surface area (Å²) < 4.78 is 9.70. The molecule has 0 saturated carbocycles. The van der Waals surface area contributed by atoms with Crippen LogP contribution in [0.1, 0.15) is 0 Å². The van der Waals surface area contributed by atoms with Gasteiger partial charge < -0.3 is 15.2 Å². The van der Waals surface area contributed by atoms with Gasteiger partial charge in [0.05, 0.1) is 20.3 Å². The van der Waals surface area contributed by atoms with Crippen molar-refractivity contribution in [2.45, 2.75) is 6.04 Å². The molecule has 6 heteroatoms. The zero-order chi connectivity index (χ0) is 9.68. The number of carbonyl (C=O) groups is 1. The Morgan fingerprint density at radius 3 is 2.64 bits per heavy atom. The molecule has 1 heterocycles. The van der Waals surface area contributed by atoms with Gasteiger partial charge in [-0.3, -0.25) is 9.69 Å². The maximum absolute atomic E-state index is 11.0. The molecule has 0 aromatic heterocycles. The molecule has 1 rings (SSSR count). The number of morpholine rings is 1. The maximum atomic E-state index is 11.0. The van der Waals surface area contributed by atoms with Crippen molar-refractivity contribution in [1.29, 1.82) is 0 Å². The van der Waals surface area contributed by atoms with Gasteiger partial charge >= 0.3 is 5.97 Å². The first-order chi connectivity index (χ1) is 6.24. The van der Waals surface area contributed by atoms with Crippen molar-refractivity contribution in [3.8, 4) is 0 Å². The fourth-order valence-electron chi connectivity index (χ4n) is 1.29. The van der Waals surface area contributed by atoms with E-state index in [1.54, 1.807) is 0 Å². The minimum absolute atomic E-state index is 0. The lowest BCUT2D eigenvalue weighted by molar-refractivity contribution is -0.142. The number of methoxy groups -OCH3 is 1. The minimum Gasteiger partial charge on any atom is -0.468 e. The van der Waals surface area contributed by atoms with Crippen LogP contribution in [0.5, 0.6) is 0 Å². The number of esters is 1. The van der Waals surface area contributed by atoms with E-state index < -0.39 is 6.04 Å². The molecule has 1 unspecified atom stereocenters. The molecule has 14 heavy (non-hydrogen) atoms. The smallest absolute Gasteiger partial charge is 0.323 e. The summed E-state index contributed by atoms with van der Waals surface area (Å²) in [4.78, 5) is 13.1. The van der Waals surface area contributed by atoms with E-state index >= 15 is 0 Å². The summed E-state index contributed by atoms with van der Waals surface area (Å²) in [7, 11) is 1.35. The topological polar surface area (TPSA) is 64.8 Å². The summed E-state index contributed by atoms with van der Waals surface area (Å²) in [5, 5.41) is 0. The van der Waals surface area contributed by atoms with Gasteiger partial charge in [0.2, 0.25) is 0 Å². The highest BCUT2D eigenvalue weighted by molar-refractivity contribution is 5.85. The van der Waals surface area contributed by atoms with E-state index in [2.05, 4.69) is 9.64 Å². The van der Waals surface area contributed by atoms with Gasteiger partial charge in [0.1, 0.15) is 6.04 Å². The Morgan fingerprint density at radius 2 is 2.14 bits per heavy atom. The van der Waals surface area contributed by atoms with Gasteiger partial charge in [-0.05, 0) is 0 Å². The Kier molecular flexibility index (Phi) is 6.82. The Bertz CT molecular complexity index is 174. The maximum Gasteiger partial charge on any atom is 0.323 e. The fourth-order valence-corrected chi connectivity index (χ4v) is 1.29. The number of carbonyl (C=O) groups excluding carboxylic acids is 1. The third-order valence-electron chi connectivity index (χ3n) is 2.06. The van der Waals surface area contributed by atoms with Gasteiger partial charge in [-0.15, -0.1) is 12.4 Å². The van der Waals surface area contributed by atoms with Crippen LogP contribution in [0.25, 0.3) is 0 Å². The van der Waals surface area contributed by atoms with Crippen molar-refractivity contribution in [3.05, 3.63) is 0 Å². The summed E-state index contributed by atoms with van der Waals surface area (Å²) >= 11 is 0. The van der Waals surface area contributed by atoms with Crippen LogP contribution < -0.4 is 5.73 Å². The first-order valence-corrected chi connectivity index (χ1v) is 4.37. The van der Waals surface area contributed by atoms with Crippen LogP contribution in [0.3, 0.4) is 0 Å². The second kappa shape index (κ2) is 7.00. The fraction of sp³-hybridized carbons (Fsp3) is 0.875. The Hall–Kier alpha value is -0.360. The van der Waals surface area contributed by atoms with Gasteiger partial charge in [0.25, 0.3) is 0 Å². The summed E-state index contributed by atoms with van der Waals surface area (Å²) in [6.45, 7) is 3.66. The molecule has 1 fully saturated rings. The van der Waals surface area contributed by atoms with Crippen LogP contribution in [-0.2, 0) is 14.3 Å². The number of nitrogens with two attached hydrogens (primary N) is 1. The molecule has 5 nitrogen and oxygen atoms in total. The van der Waals surface area contributed by atoms with Crippen LogP contribution in [0.4, 0.5) is 0 Å². The normalized spacial score (nSPS) is 19.6. The van der Waals surface area contributed by atoms with Crippen molar-refractivity contribution in [3.63, 3.8) is 0 Å². The molecule has 2 N–H and O–H groups in total. The number of hydrogen-bond donors (Lipinski definition) is 1. The number of nitrogens with zero attached hydrogens (tertiary/aromatic N) is 1. The predicted molar refractivity (Wildman–Crippen MR) is 54.5 cm³/mol. The van der Waals surface area contributed by atoms with E-state index in [4.69, 9.17) is 10.5 Å². The van der Waals surface area contributed by atoms with Gasteiger partial charge in [-0.1, -0.05) is 0 Å². The summed E-state index contributed by atoms with van der Waals surface area (Å²) in [5.74, 6) is -0.355. The molecular weight excluding hydrogens is 208 g/mol. The van der Waals surface area contributed by atoms with E-state index in [9.17, 15) is 4.79 Å². The van der Waals surface area contributed by atoms with Crippen LogP contribution in [-0.4, -0.2) is 56.9 Å². The molecule has 0 aromatic carbocycles. The monoisotopic (exact) mass is 224 g/mol. The Labute approximate surface area is 89.9 Å². The van der Waals surface area contributed by atoms with Gasteiger partial charge in [-0.25, -0.2) is 0 Å². The third-order valence-corrected chi connectivity index (χ3v) is 2.06. The average molecular weight is 225 g/mol. The average Bonchev–Trinajstić information content (AvgIpc) is 2.18. The zero-order valence-corrected chi connectivity index (χ0v) is 9.09. The van der Waals surface area contributed by atoms with E-state index in [1.807, 2.05) is 0 Å². The standard InChI is InChI=1S/C8H16N2O3.ClH/c1-12-8(11)7(9)6-10-2-4-13-5-3-10;/h7H,2-6,9H2,1H3;1H. The van der Waals surface area contributed by atoms with E-state index in [0.29, 0.717) is 19.8 Å². The molecule has 0 radical (unpaired) electrons. The van der Waals surface area contributed by atoms with Crippen molar-refractivity contribution < 1.29 is 14.3 Å². The molecule has 1 saturated heterocycles. The van der Waals surface area contributed by atoms with Gasteiger partial charge in [-0.2, -0.15) is 0 Å². The van der Waals surface area contributed by atoms with Crippen molar-refractivity contribution in [2.75, 3.05) is 40.0 Å². The number of halogens is 1. The van der Waals surface area contributed by atoms with Crippen LogP contribution >= 0.6 is 12.4 Å². The quantitative estimate of drug-likeness (QED) is 0.639. The molecule has 1 atom stereocenters. The van der Waals surface area contributed by atoms with Crippen molar-refractivity contribution in [1.82, 2.24) is 4.90 Å². The lowest BCUT2D eigenvalue weighted by Crippen LogP contribution is -2.47. The largest absolute Gasteiger partial charge is 0.468 e. The molecule has 0 aromatic rings. The van der Waals surface area contributed by atoms with Gasteiger partial charge in [0, 0.05) is 19.6 Å². The zero-order valence-electron chi connectivity index (χ0n) is 8.27. The number of rotatable bonds is 3. The molecule has 1 aliphatic heterocycles. The SMILES string of the molecule is COC(=O)C(N)CN1CCOCC1.Cl. The minimum atomic E-state index is -0.539. The van der Waals surface area contributed by atoms with Gasteiger partial charge in [0.15, 0.2) is 0 Å². The molecule has 0 aliphatic carbocycles. The highest BCUT2D eigenvalue weighted by atomic mass is 35.5. The van der Waals surface area contributed by atoms with Crippen molar-refractivity contribution in [2.24, 2.45) is 5.73 Å². The lowest BCUT2D eigenvalue weighted by atomic mass is 10.3. The Balaban J connectivity index is 0.00000169. The third kappa shape index (κ3) is 4.23. The number of ether oxygens (including phenoxy) is 2. The number of hydrogen-bond acceptors (Lipinski definition) is 5. The summed E-state index contributed by atoms with van der Waals surface area (Å²) in [6, 6.07) is -0.539. The van der Waals surface area contributed by atoms with E-state index in [0.717, 1.165) is 13.1 Å². The summed E-state index contributed by atoms with van der Waals surface area (Å²) in [5.41, 5.74) is 5.60. The second-order valence-electron chi connectivity index (χ2n) is 3.04. The highest BCUT2D eigenvalue weighted by Gasteiger charge is 2.19. The Morgan fingerprint density at radius 1 is 1.57 bits per heavy atom. The molecule has 0 amide bonds. The first-order valence-electron chi connectivity index (χ1n) is 4.37. The molecule has 84 valence electrons. The molecular formula is C8H17ClN2O3. The molecule has 0 spiro atoms. The summed E-state index contributed by atoms with van der Waals surface area (Å²) in [6.07, 6.45) is 0. The second-order valence-corrected chi connectivity index (χ2v) is 3.04. The highest BCUT2D eigenvalue weighted by Crippen LogP contribution is 1.98. The predicted octanol–water partition coefficient (Wildman–Crippen LogP) is -0.759.